The number of hydrogen-bond acceptors (Lipinski definition) is 8. The second-order valence-electron chi connectivity index (χ2n) is 8.69. The fourth-order valence-electron chi connectivity index (χ4n) is 4.02. The molecule has 2 aromatic heterocycles. The van der Waals surface area contributed by atoms with Gasteiger partial charge in [0.25, 0.3) is 5.88 Å². The Morgan fingerprint density at radius 2 is 1.97 bits per heavy atom. The van der Waals surface area contributed by atoms with E-state index in [-0.39, 0.29) is 35.4 Å². The van der Waals surface area contributed by atoms with E-state index in [0.717, 1.165) is 43.4 Å². The van der Waals surface area contributed by atoms with Crippen molar-refractivity contribution in [2.45, 2.75) is 78.5 Å². The van der Waals surface area contributed by atoms with E-state index in [1.807, 2.05) is 13.8 Å². The lowest BCUT2D eigenvalue weighted by Gasteiger charge is -2.36. The van der Waals surface area contributed by atoms with Crippen molar-refractivity contribution in [2.24, 2.45) is 0 Å². The van der Waals surface area contributed by atoms with Gasteiger partial charge in [0.15, 0.2) is 15.7 Å². The molecular formula is C21H34N6O4S. The Morgan fingerprint density at radius 1 is 1.25 bits per heavy atom. The molecule has 1 fully saturated rings. The summed E-state index contributed by atoms with van der Waals surface area (Å²) >= 11 is 0. The van der Waals surface area contributed by atoms with E-state index in [2.05, 4.69) is 21.7 Å². The highest BCUT2D eigenvalue weighted by Crippen LogP contribution is 2.29. The fraction of sp³-hybridized carbons (Fsp3) is 0.714. The van der Waals surface area contributed by atoms with E-state index < -0.39 is 9.84 Å². The monoisotopic (exact) mass is 466 g/mol. The van der Waals surface area contributed by atoms with Gasteiger partial charge in [0.2, 0.25) is 5.91 Å². The molecule has 0 spiro atoms. The number of sulfone groups is 1. The molecule has 0 aromatic carbocycles. The number of anilines is 1. The van der Waals surface area contributed by atoms with Crippen molar-refractivity contribution < 1.29 is 17.9 Å². The Kier molecular flexibility index (Phi) is 7.58. The number of nitrogens with zero attached hydrogens (tertiary/aromatic N) is 5. The number of unbranched alkanes of at least 4 members (excludes halogenated alkanes) is 2. The summed E-state index contributed by atoms with van der Waals surface area (Å²) in [5.74, 6) is 1.66. The van der Waals surface area contributed by atoms with Crippen LogP contribution in [0, 0.1) is 0 Å². The first-order chi connectivity index (χ1) is 15.1. The van der Waals surface area contributed by atoms with Crippen LogP contribution in [0.3, 0.4) is 0 Å². The molecule has 0 atom stereocenters. The van der Waals surface area contributed by atoms with Gasteiger partial charge in [0.05, 0.1) is 23.7 Å². The number of aromatic nitrogens is 4. The Bertz CT molecular complexity index is 1050. The minimum absolute atomic E-state index is 0.0632. The molecule has 2 N–H and O–H groups in total. The molecular weight excluding hydrogens is 432 g/mol. The van der Waals surface area contributed by atoms with Gasteiger partial charge in [-0.15, -0.1) is 10.2 Å². The Morgan fingerprint density at radius 3 is 2.56 bits per heavy atom. The van der Waals surface area contributed by atoms with Crippen molar-refractivity contribution in [1.82, 2.24) is 24.6 Å². The van der Waals surface area contributed by atoms with Crippen LogP contribution in [0.25, 0.3) is 11.0 Å². The zero-order valence-corrected chi connectivity index (χ0v) is 20.2. The first-order valence-electron chi connectivity index (χ1n) is 11.3. The number of hydrogen-bond donors (Lipinski definition) is 1. The average Bonchev–Trinajstić information content (AvgIpc) is 3.05. The van der Waals surface area contributed by atoms with Crippen LogP contribution in [0.2, 0.25) is 0 Å². The molecule has 11 heteroatoms. The molecule has 0 unspecified atom stereocenters. The summed E-state index contributed by atoms with van der Waals surface area (Å²) in [7, 11) is -2.98. The third-order valence-corrected chi connectivity index (χ3v) is 7.40. The maximum absolute atomic E-state index is 12.0. The van der Waals surface area contributed by atoms with Crippen molar-refractivity contribution in [1.29, 1.82) is 0 Å². The van der Waals surface area contributed by atoms with Gasteiger partial charge in [-0.25, -0.2) is 13.4 Å². The van der Waals surface area contributed by atoms with Gasteiger partial charge in [-0.05, 0) is 33.1 Å². The van der Waals surface area contributed by atoms with Gasteiger partial charge in [-0.1, -0.05) is 13.3 Å². The van der Waals surface area contributed by atoms with Crippen LogP contribution in [-0.2, 0) is 27.6 Å². The number of imidazole rings is 1. The lowest BCUT2D eigenvalue weighted by molar-refractivity contribution is -0.130. The maximum atomic E-state index is 12.0. The summed E-state index contributed by atoms with van der Waals surface area (Å²) in [6, 6.07) is -0.201. The topological polar surface area (TPSA) is 133 Å². The summed E-state index contributed by atoms with van der Waals surface area (Å²) in [4.78, 5) is 18.4. The number of amides is 1. The summed E-state index contributed by atoms with van der Waals surface area (Å²) in [5, 5.41) is 8.18. The van der Waals surface area contributed by atoms with Gasteiger partial charge < -0.3 is 19.9 Å². The number of carbonyl (C=O) groups is 1. The van der Waals surface area contributed by atoms with Crippen LogP contribution in [0.5, 0.6) is 5.88 Å². The van der Waals surface area contributed by atoms with Crippen molar-refractivity contribution in [2.75, 3.05) is 23.8 Å². The fourth-order valence-corrected chi connectivity index (χ4v) is 5.46. The molecule has 0 aliphatic carbocycles. The maximum Gasteiger partial charge on any atom is 0.260 e. The molecule has 0 saturated carbocycles. The molecule has 32 heavy (non-hydrogen) atoms. The highest BCUT2D eigenvalue weighted by Gasteiger charge is 2.38. The molecule has 1 aliphatic heterocycles. The molecule has 1 amide bonds. The smallest absolute Gasteiger partial charge is 0.260 e. The highest BCUT2D eigenvalue weighted by molar-refractivity contribution is 7.92. The van der Waals surface area contributed by atoms with Gasteiger partial charge in [0.1, 0.15) is 16.9 Å². The highest BCUT2D eigenvalue weighted by atomic mass is 32.2. The van der Waals surface area contributed by atoms with E-state index in [9.17, 15) is 13.2 Å². The molecule has 3 heterocycles. The predicted octanol–water partition coefficient (Wildman–Crippen LogP) is 1.96. The Hall–Kier alpha value is -2.43. The summed E-state index contributed by atoms with van der Waals surface area (Å²) < 4.78 is 31.0. The minimum Gasteiger partial charge on any atom is -0.472 e. The van der Waals surface area contributed by atoms with Crippen molar-refractivity contribution >= 4 is 32.6 Å². The SMILES string of the molecule is CCCCc1nc2c(N)nnc(OC(C)C)c2n1CCCCN(C(C)=O)C1CS(=O)(=O)C1. The number of aryl methyl sites for hydroxylation is 2. The summed E-state index contributed by atoms with van der Waals surface area (Å²) in [5.41, 5.74) is 7.43. The van der Waals surface area contributed by atoms with Crippen molar-refractivity contribution in [3.63, 3.8) is 0 Å². The molecule has 0 bridgehead atoms. The Labute approximate surface area is 189 Å². The Balaban J connectivity index is 1.77. The van der Waals surface area contributed by atoms with Crippen LogP contribution in [-0.4, -0.2) is 69.2 Å². The molecule has 10 nitrogen and oxygen atoms in total. The number of carbonyl (C=O) groups excluding carboxylic acids is 1. The molecule has 0 radical (unpaired) electrons. The standard InChI is InChI=1S/C21H34N6O4S/c1-5-6-9-17-23-18-19(21(31-14(2)3)25-24-20(18)22)27(17)11-8-7-10-26(15(4)28)16-12-32(29,30)13-16/h14,16H,5-13H2,1-4H3,(H2,22,24). The summed E-state index contributed by atoms with van der Waals surface area (Å²) in [6.07, 6.45) is 4.32. The lowest BCUT2D eigenvalue weighted by atomic mass is 10.2. The van der Waals surface area contributed by atoms with Crippen LogP contribution in [0.4, 0.5) is 5.82 Å². The van der Waals surface area contributed by atoms with Crippen LogP contribution in [0.1, 0.15) is 59.2 Å². The second kappa shape index (κ2) is 10.0. The third kappa shape index (κ3) is 5.48. The molecule has 1 saturated heterocycles. The van der Waals surface area contributed by atoms with E-state index >= 15 is 0 Å². The second-order valence-corrected chi connectivity index (χ2v) is 10.8. The first kappa shape index (κ1) is 24.2. The van der Waals surface area contributed by atoms with Gasteiger partial charge >= 0.3 is 0 Å². The first-order valence-corrected chi connectivity index (χ1v) is 13.1. The number of rotatable bonds is 11. The number of nitrogens with two attached hydrogens (primary N) is 1. The largest absolute Gasteiger partial charge is 0.472 e. The van der Waals surface area contributed by atoms with E-state index in [1.54, 1.807) is 4.90 Å². The van der Waals surface area contributed by atoms with Crippen LogP contribution >= 0.6 is 0 Å². The number of fused-ring (bicyclic) bond motifs is 1. The minimum atomic E-state index is -2.98. The van der Waals surface area contributed by atoms with Gasteiger partial charge in [-0.2, -0.15) is 0 Å². The summed E-state index contributed by atoms with van der Waals surface area (Å²) in [6.45, 7) is 8.69. The predicted molar refractivity (Wildman–Crippen MR) is 123 cm³/mol. The zero-order valence-electron chi connectivity index (χ0n) is 19.4. The molecule has 3 rings (SSSR count). The van der Waals surface area contributed by atoms with Crippen LogP contribution < -0.4 is 10.5 Å². The van der Waals surface area contributed by atoms with Crippen molar-refractivity contribution in [3.8, 4) is 5.88 Å². The quantitative estimate of drug-likeness (QED) is 0.497. The van der Waals surface area contributed by atoms with E-state index in [4.69, 9.17) is 15.5 Å². The lowest BCUT2D eigenvalue weighted by Crippen LogP contribution is -2.55. The van der Waals surface area contributed by atoms with E-state index in [0.29, 0.717) is 24.5 Å². The van der Waals surface area contributed by atoms with Crippen molar-refractivity contribution in [3.05, 3.63) is 5.82 Å². The van der Waals surface area contributed by atoms with Gasteiger partial charge in [0, 0.05) is 26.4 Å². The zero-order chi connectivity index (χ0) is 23.5. The van der Waals surface area contributed by atoms with Crippen LogP contribution in [0.15, 0.2) is 0 Å². The average molecular weight is 467 g/mol. The number of nitrogen functional groups attached to an aromatic ring is 1. The normalized spacial score (nSPS) is 15.8. The van der Waals surface area contributed by atoms with Gasteiger partial charge in [-0.3, -0.25) is 4.79 Å². The third-order valence-electron chi connectivity index (χ3n) is 5.61. The molecule has 1 aliphatic rings. The number of ether oxygens (including phenoxy) is 1. The molecule has 2 aromatic rings. The molecule has 178 valence electrons. The van der Waals surface area contributed by atoms with E-state index in [1.165, 1.54) is 6.92 Å².